The second-order valence-corrected chi connectivity index (χ2v) is 6.05. The van der Waals surface area contributed by atoms with Gasteiger partial charge < -0.3 is 14.9 Å². The summed E-state index contributed by atoms with van der Waals surface area (Å²) >= 11 is 11.8. The average molecular weight is 383 g/mol. The number of hydrogen-bond acceptors (Lipinski definition) is 5. The molecule has 2 aromatic rings. The number of hydrazone groups is 1. The molecular formula is C17H16Cl2N2O4. The first-order valence-corrected chi connectivity index (χ1v) is 8.01. The van der Waals surface area contributed by atoms with E-state index in [9.17, 15) is 15.0 Å². The predicted molar refractivity (Wildman–Crippen MR) is 96.7 cm³/mol. The van der Waals surface area contributed by atoms with E-state index in [1.807, 2.05) is 0 Å². The maximum absolute atomic E-state index is 12.1. The molecule has 0 aliphatic heterocycles. The number of phenolic OH excluding ortho intramolecular Hbond substituents is 2. The van der Waals surface area contributed by atoms with E-state index < -0.39 is 12.0 Å². The summed E-state index contributed by atoms with van der Waals surface area (Å²) < 4.78 is 5.49. The Balaban J connectivity index is 2.03. The third-order valence-electron chi connectivity index (χ3n) is 3.27. The van der Waals surface area contributed by atoms with Gasteiger partial charge in [0.15, 0.2) is 6.10 Å². The van der Waals surface area contributed by atoms with Crippen LogP contribution in [0.2, 0.25) is 10.0 Å². The van der Waals surface area contributed by atoms with Gasteiger partial charge in [-0.1, -0.05) is 23.2 Å². The number of aromatic hydroxyl groups is 2. The molecule has 0 aliphatic rings. The van der Waals surface area contributed by atoms with Crippen molar-refractivity contribution < 1.29 is 19.7 Å². The van der Waals surface area contributed by atoms with Crippen molar-refractivity contribution >= 4 is 34.8 Å². The maximum atomic E-state index is 12.1. The minimum atomic E-state index is -0.858. The molecule has 0 fully saturated rings. The number of carbonyl (C=O) groups excluding carboxylic acids is 1. The molecule has 1 unspecified atom stereocenters. The van der Waals surface area contributed by atoms with E-state index >= 15 is 0 Å². The summed E-state index contributed by atoms with van der Waals surface area (Å²) in [6.45, 7) is 3.15. The molecule has 1 atom stereocenters. The van der Waals surface area contributed by atoms with E-state index in [4.69, 9.17) is 27.9 Å². The summed E-state index contributed by atoms with van der Waals surface area (Å²) in [7, 11) is 0. The van der Waals surface area contributed by atoms with Crippen molar-refractivity contribution in [2.45, 2.75) is 20.0 Å². The van der Waals surface area contributed by atoms with Crippen molar-refractivity contribution in [3.63, 3.8) is 0 Å². The molecule has 8 heteroatoms. The first-order chi connectivity index (χ1) is 11.8. The minimum absolute atomic E-state index is 0.0695. The highest BCUT2D eigenvalue weighted by molar-refractivity contribution is 6.35. The van der Waals surface area contributed by atoms with Crippen LogP contribution >= 0.6 is 23.2 Å². The normalized spacial score (nSPS) is 12.6. The molecular weight excluding hydrogens is 367 g/mol. The minimum Gasteiger partial charge on any atom is -0.508 e. The summed E-state index contributed by atoms with van der Waals surface area (Å²) in [6, 6.07) is 8.76. The van der Waals surface area contributed by atoms with Crippen LogP contribution in [0.4, 0.5) is 0 Å². The summed E-state index contributed by atoms with van der Waals surface area (Å²) in [5.74, 6) is -0.387. The highest BCUT2D eigenvalue weighted by Crippen LogP contribution is 2.28. The third kappa shape index (κ3) is 5.01. The van der Waals surface area contributed by atoms with Gasteiger partial charge in [-0.2, -0.15) is 5.10 Å². The smallest absolute Gasteiger partial charge is 0.280 e. The summed E-state index contributed by atoms with van der Waals surface area (Å²) in [6.07, 6.45) is -0.858. The second kappa shape index (κ2) is 8.09. The molecule has 2 rings (SSSR count). The van der Waals surface area contributed by atoms with Gasteiger partial charge in [0.1, 0.15) is 17.2 Å². The highest BCUT2D eigenvalue weighted by Gasteiger charge is 2.16. The second-order valence-electron chi connectivity index (χ2n) is 5.21. The van der Waals surface area contributed by atoms with E-state index in [0.717, 1.165) is 0 Å². The van der Waals surface area contributed by atoms with Gasteiger partial charge in [0.05, 0.1) is 10.7 Å². The van der Waals surface area contributed by atoms with Crippen molar-refractivity contribution in [1.29, 1.82) is 0 Å². The van der Waals surface area contributed by atoms with Crippen LogP contribution in [0.25, 0.3) is 0 Å². The monoisotopic (exact) mass is 382 g/mol. The molecule has 25 heavy (non-hydrogen) atoms. The lowest BCUT2D eigenvalue weighted by Gasteiger charge is -2.14. The number of nitrogens with one attached hydrogen (secondary N) is 1. The molecule has 1 amide bonds. The van der Waals surface area contributed by atoms with Crippen molar-refractivity contribution in [2.24, 2.45) is 5.10 Å². The highest BCUT2D eigenvalue weighted by atomic mass is 35.5. The number of carbonyl (C=O) groups is 1. The number of rotatable bonds is 5. The Bertz CT molecular complexity index is 824. The Kier molecular flexibility index (Phi) is 6.12. The zero-order valence-corrected chi connectivity index (χ0v) is 15.0. The number of hydrogen-bond donors (Lipinski definition) is 3. The summed E-state index contributed by atoms with van der Waals surface area (Å²) in [4.78, 5) is 12.1. The fourth-order valence-electron chi connectivity index (χ4n) is 1.93. The number of benzene rings is 2. The summed E-state index contributed by atoms with van der Waals surface area (Å²) in [5.41, 5.74) is 3.10. The molecule has 0 radical (unpaired) electrons. The van der Waals surface area contributed by atoms with Crippen molar-refractivity contribution in [2.75, 3.05) is 0 Å². The molecule has 0 aliphatic carbocycles. The number of halogens is 2. The molecule has 2 aromatic carbocycles. The first-order valence-electron chi connectivity index (χ1n) is 7.26. The largest absolute Gasteiger partial charge is 0.508 e. The van der Waals surface area contributed by atoms with Gasteiger partial charge in [0.25, 0.3) is 5.91 Å². The molecule has 6 nitrogen and oxygen atoms in total. The van der Waals surface area contributed by atoms with Crippen LogP contribution in [0.3, 0.4) is 0 Å². The number of amides is 1. The number of phenols is 2. The Morgan fingerprint density at radius 2 is 1.92 bits per heavy atom. The number of ether oxygens (including phenoxy) is 1. The molecule has 132 valence electrons. The van der Waals surface area contributed by atoms with Gasteiger partial charge in [0, 0.05) is 16.7 Å². The molecule has 0 aromatic heterocycles. The predicted octanol–water partition coefficient (Wildman–Crippen LogP) is 3.71. The fraction of sp³-hybridized carbons (Fsp3) is 0.176. The molecule has 0 spiro atoms. The van der Waals surface area contributed by atoms with Crippen LogP contribution < -0.4 is 10.2 Å². The molecule has 0 heterocycles. The van der Waals surface area contributed by atoms with Gasteiger partial charge in [-0.25, -0.2) is 5.43 Å². The van der Waals surface area contributed by atoms with Gasteiger partial charge in [-0.3, -0.25) is 4.79 Å². The Hall–Kier alpha value is -2.44. The van der Waals surface area contributed by atoms with Crippen LogP contribution in [-0.2, 0) is 4.79 Å². The SMILES string of the molecule is CC(=NNC(=O)C(C)Oc1ccc(Cl)cc1Cl)c1ccc(O)cc1O. The molecule has 0 saturated carbocycles. The zero-order chi connectivity index (χ0) is 18.6. The maximum Gasteiger partial charge on any atom is 0.280 e. The van der Waals surface area contributed by atoms with Crippen molar-refractivity contribution in [3.8, 4) is 17.2 Å². The van der Waals surface area contributed by atoms with Crippen LogP contribution in [0.15, 0.2) is 41.5 Å². The molecule has 0 saturated heterocycles. The number of nitrogens with zero attached hydrogens (tertiary/aromatic N) is 1. The molecule has 0 bridgehead atoms. The van der Waals surface area contributed by atoms with E-state index in [0.29, 0.717) is 27.1 Å². The zero-order valence-electron chi connectivity index (χ0n) is 13.5. The van der Waals surface area contributed by atoms with Crippen LogP contribution in [0.1, 0.15) is 19.4 Å². The average Bonchev–Trinajstić information content (AvgIpc) is 2.54. The van der Waals surface area contributed by atoms with Gasteiger partial charge in [-0.15, -0.1) is 0 Å². The van der Waals surface area contributed by atoms with Crippen LogP contribution in [0, 0.1) is 0 Å². The van der Waals surface area contributed by atoms with Gasteiger partial charge >= 0.3 is 0 Å². The lowest BCUT2D eigenvalue weighted by molar-refractivity contribution is -0.127. The fourth-order valence-corrected chi connectivity index (χ4v) is 2.38. The van der Waals surface area contributed by atoms with E-state index in [1.54, 1.807) is 26.0 Å². The Labute approximate surface area is 154 Å². The van der Waals surface area contributed by atoms with Crippen LogP contribution in [-0.4, -0.2) is 27.9 Å². The Morgan fingerprint density at radius 1 is 1.20 bits per heavy atom. The molecule has 3 N–H and O–H groups in total. The van der Waals surface area contributed by atoms with Crippen LogP contribution in [0.5, 0.6) is 17.2 Å². The van der Waals surface area contributed by atoms with E-state index in [-0.39, 0.29) is 11.5 Å². The quantitative estimate of drug-likeness (QED) is 0.542. The van der Waals surface area contributed by atoms with Crippen molar-refractivity contribution in [1.82, 2.24) is 5.43 Å². The Morgan fingerprint density at radius 3 is 2.56 bits per heavy atom. The lowest BCUT2D eigenvalue weighted by Crippen LogP contribution is -2.34. The van der Waals surface area contributed by atoms with E-state index in [1.165, 1.54) is 24.3 Å². The van der Waals surface area contributed by atoms with Crippen molar-refractivity contribution in [3.05, 3.63) is 52.0 Å². The van der Waals surface area contributed by atoms with Gasteiger partial charge in [0.2, 0.25) is 0 Å². The third-order valence-corrected chi connectivity index (χ3v) is 3.80. The lowest BCUT2D eigenvalue weighted by atomic mass is 10.1. The standard InChI is InChI=1S/C17H16Cl2N2O4/c1-9(13-5-4-12(22)8-15(13)23)20-21-17(24)10(2)25-16-6-3-11(18)7-14(16)19/h3-8,10,22-23H,1-2H3,(H,21,24). The van der Waals surface area contributed by atoms with Gasteiger partial charge in [-0.05, 0) is 44.2 Å². The first kappa shape index (κ1) is 18.9. The van der Waals surface area contributed by atoms with E-state index in [2.05, 4.69) is 10.5 Å². The summed E-state index contributed by atoms with van der Waals surface area (Å²) in [5, 5.41) is 23.7. The topological polar surface area (TPSA) is 91.2 Å².